The van der Waals surface area contributed by atoms with E-state index in [1.54, 1.807) is 13.2 Å². The Labute approximate surface area is 140 Å². The molecule has 1 saturated heterocycles. The minimum atomic E-state index is -0.815. The number of hydrogen-bond donors (Lipinski definition) is 1. The van der Waals surface area contributed by atoms with Crippen LogP contribution in [0.5, 0.6) is 0 Å². The zero-order chi connectivity index (χ0) is 17.3. The Balaban J connectivity index is 2.00. The molecule has 2 heterocycles. The van der Waals surface area contributed by atoms with Crippen LogP contribution in [0.15, 0.2) is 18.2 Å². The predicted octanol–water partition coefficient (Wildman–Crippen LogP) is 1.66. The molecule has 0 aliphatic carbocycles. The maximum absolute atomic E-state index is 14.0. The number of methoxy groups -OCH3 is 1. The van der Waals surface area contributed by atoms with E-state index in [9.17, 15) is 9.18 Å². The highest BCUT2D eigenvalue weighted by molar-refractivity contribution is 5.85. The topological polar surface area (TPSA) is 73.4 Å². The third-order valence-corrected chi connectivity index (χ3v) is 4.92. The first-order chi connectivity index (χ1) is 11.5. The molecule has 0 spiro atoms. The molecule has 130 valence electrons. The molecule has 0 radical (unpaired) electrons. The fourth-order valence-corrected chi connectivity index (χ4v) is 3.72. The van der Waals surface area contributed by atoms with Crippen molar-refractivity contribution in [2.75, 3.05) is 20.3 Å². The van der Waals surface area contributed by atoms with Gasteiger partial charge in [0, 0.05) is 13.7 Å². The van der Waals surface area contributed by atoms with E-state index < -0.39 is 5.54 Å². The van der Waals surface area contributed by atoms with Crippen molar-refractivity contribution >= 4 is 16.9 Å². The molecule has 1 aliphatic heterocycles. The van der Waals surface area contributed by atoms with Crippen LogP contribution in [0, 0.1) is 5.82 Å². The maximum atomic E-state index is 14.0. The van der Waals surface area contributed by atoms with E-state index >= 15 is 0 Å². The Morgan fingerprint density at radius 3 is 2.96 bits per heavy atom. The van der Waals surface area contributed by atoms with Gasteiger partial charge in [0.25, 0.3) is 0 Å². The highest BCUT2D eigenvalue weighted by atomic mass is 19.1. The second-order valence-electron chi connectivity index (χ2n) is 6.23. The summed E-state index contributed by atoms with van der Waals surface area (Å²) in [5.74, 6) is 0.0221. The molecule has 3 rings (SSSR count). The van der Waals surface area contributed by atoms with E-state index in [4.69, 9.17) is 10.5 Å². The zero-order valence-electron chi connectivity index (χ0n) is 14.1. The average Bonchev–Trinajstić information content (AvgIpc) is 3.11. The summed E-state index contributed by atoms with van der Waals surface area (Å²) in [7, 11) is 1.57. The number of imidazole rings is 1. The van der Waals surface area contributed by atoms with Crippen LogP contribution in [-0.2, 0) is 22.6 Å². The SMILES string of the molecule is CCn1c(CN2CCCC2(COC)C(N)=O)nc2c(F)cccc21. The molecule has 1 aromatic carbocycles. The van der Waals surface area contributed by atoms with Crippen molar-refractivity contribution in [1.29, 1.82) is 0 Å². The van der Waals surface area contributed by atoms with Gasteiger partial charge in [-0.25, -0.2) is 9.37 Å². The van der Waals surface area contributed by atoms with E-state index in [0.717, 1.165) is 24.3 Å². The number of nitrogens with zero attached hydrogens (tertiary/aromatic N) is 3. The van der Waals surface area contributed by atoms with Crippen LogP contribution in [0.1, 0.15) is 25.6 Å². The van der Waals surface area contributed by atoms with Crippen molar-refractivity contribution in [2.24, 2.45) is 5.73 Å². The molecule has 1 aliphatic rings. The van der Waals surface area contributed by atoms with E-state index in [0.29, 0.717) is 25.0 Å². The number of benzene rings is 1. The van der Waals surface area contributed by atoms with Gasteiger partial charge in [-0.15, -0.1) is 0 Å². The lowest BCUT2D eigenvalue weighted by Gasteiger charge is -2.34. The van der Waals surface area contributed by atoms with Gasteiger partial charge in [0.15, 0.2) is 5.82 Å². The fraction of sp³-hybridized carbons (Fsp3) is 0.529. The van der Waals surface area contributed by atoms with Gasteiger partial charge >= 0.3 is 0 Å². The van der Waals surface area contributed by atoms with Gasteiger partial charge in [-0.1, -0.05) is 6.07 Å². The third-order valence-electron chi connectivity index (χ3n) is 4.92. The number of para-hydroxylation sites is 1. The van der Waals surface area contributed by atoms with Crippen molar-refractivity contribution in [3.63, 3.8) is 0 Å². The fourth-order valence-electron chi connectivity index (χ4n) is 3.72. The van der Waals surface area contributed by atoms with Crippen molar-refractivity contribution in [3.05, 3.63) is 29.8 Å². The number of hydrogen-bond acceptors (Lipinski definition) is 4. The highest BCUT2D eigenvalue weighted by Crippen LogP contribution is 2.32. The Morgan fingerprint density at radius 2 is 2.29 bits per heavy atom. The van der Waals surface area contributed by atoms with E-state index in [1.165, 1.54) is 6.07 Å². The van der Waals surface area contributed by atoms with Crippen LogP contribution in [0.3, 0.4) is 0 Å². The van der Waals surface area contributed by atoms with Gasteiger partial charge < -0.3 is 15.0 Å². The van der Waals surface area contributed by atoms with E-state index in [1.807, 2.05) is 22.5 Å². The lowest BCUT2D eigenvalue weighted by molar-refractivity contribution is -0.132. The Bertz CT molecular complexity index is 760. The van der Waals surface area contributed by atoms with Crippen LogP contribution in [0.25, 0.3) is 11.0 Å². The Morgan fingerprint density at radius 1 is 1.50 bits per heavy atom. The number of aryl methyl sites for hydroxylation is 1. The molecule has 24 heavy (non-hydrogen) atoms. The molecule has 1 atom stereocenters. The van der Waals surface area contributed by atoms with Crippen LogP contribution in [0.2, 0.25) is 0 Å². The number of nitrogens with two attached hydrogens (primary N) is 1. The first-order valence-corrected chi connectivity index (χ1v) is 8.21. The third kappa shape index (κ3) is 2.57. The molecule has 2 aromatic rings. The van der Waals surface area contributed by atoms with Crippen LogP contribution in [-0.4, -0.2) is 46.2 Å². The lowest BCUT2D eigenvalue weighted by Crippen LogP contribution is -2.56. The van der Waals surface area contributed by atoms with Crippen molar-refractivity contribution in [1.82, 2.24) is 14.5 Å². The molecule has 1 amide bonds. The monoisotopic (exact) mass is 334 g/mol. The number of primary amides is 1. The zero-order valence-corrected chi connectivity index (χ0v) is 14.1. The van der Waals surface area contributed by atoms with Gasteiger partial charge in [-0.3, -0.25) is 9.69 Å². The number of likely N-dealkylation sites (tertiary alicyclic amines) is 1. The summed E-state index contributed by atoms with van der Waals surface area (Å²) in [6.07, 6.45) is 1.53. The largest absolute Gasteiger partial charge is 0.382 e. The average molecular weight is 334 g/mol. The summed E-state index contributed by atoms with van der Waals surface area (Å²) in [4.78, 5) is 18.6. The Hall–Kier alpha value is -1.99. The summed E-state index contributed by atoms with van der Waals surface area (Å²) in [5, 5.41) is 0. The molecular weight excluding hydrogens is 311 g/mol. The molecular formula is C17H23FN4O2. The van der Waals surface area contributed by atoms with Crippen LogP contribution in [0.4, 0.5) is 4.39 Å². The second-order valence-corrected chi connectivity index (χ2v) is 6.23. The molecule has 1 unspecified atom stereocenters. The molecule has 1 aromatic heterocycles. The molecule has 2 N–H and O–H groups in total. The van der Waals surface area contributed by atoms with Crippen molar-refractivity contribution < 1.29 is 13.9 Å². The molecule has 0 saturated carbocycles. The smallest absolute Gasteiger partial charge is 0.240 e. The highest BCUT2D eigenvalue weighted by Gasteiger charge is 2.46. The molecule has 6 nitrogen and oxygen atoms in total. The second kappa shape index (κ2) is 6.49. The Kier molecular flexibility index (Phi) is 4.56. The first-order valence-electron chi connectivity index (χ1n) is 8.21. The number of fused-ring (bicyclic) bond motifs is 1. The number of carbonyl (C=O) groups is 1. The first kappa shape index (κ1) is 16.9. The van der Waals surface area contributed by atoms with E-state index in [-0.39, 0.29) is 18.3 Å². The minimum absolute atomic E-state index is 0.253. The maximum Gasteiger partial charge on any atom is 0.240 e. The summed E-state index contributed by atoms with van der Waals surface area (Å²) in [5.41, 5.74) is 6.00. The van der Waals surface area contributed by atoms with Gasteiger partial charge in [0.2, 0.25) is 5.91 Å². The summed E-state index contributed by atoms with van der Waals surface area (Å²) in [6.45, 7) is 4.10. The number of halogens is 1. The number of rotatable bonds is 6. The number of aromatic nitrogens is 2. The van der Waals surface area contributed by atoms with Crippen LogP contribution < -0.4 is 5.73 Å². The lowest BCUT2D eigenvalue weighted by atomic mass is 9.96. The predicted molar refractivity (Wildman–Crippen MR) is 88.8 cm³/mol. The molecule has 1 fully saturated rings. The molecule has 7 heteroatoms. The summed E-state index contributed by atoms with van der Waals surface area (Å²) < 4.78 is 21.3. The summed E-state index contributed by atoms with van der Waals surface area (Å²) in [6, 6.07) is 4.95. The normalized spacial score (nSPS) is 21.6. The number of amides is 1. The van der Waals surface area contributed by atoms with Crippen LogP contribution >= 0.6 is 0 Å². The number of carbonyl (C=O) groups excluding carboxylic acids is 1. The summed E-state index contributed by atoms with van der Waals surface area (Å²) >= 11 is 0. The van der Waals surface area contributed by atoms with E-state index in [2.05, 4.69) is 4.98 Å². The van der Waals surface area contributed by atoms with Gasteiger partial charge in [-0.2, -0.15) is 0 Å². The minimum Gasteiger partial charge on any atom is -0.382 e. The quantitative estimate of drug-likeness (QED) is 0.872. The van der Waals surface area contributed by atoms with Gasteiger partial charge in [-0.05, 0) is 38.4 Å². The number of ether oxygens (including phenoxy) is 1. The molecule has 0 bridgehead atoms. The van der Waals surface area contributed by atoms with Crippen molar-refractivity contribution in [2.45, 2.75) is 38.4 Å². The standard InChI is InChI=1S/C17H23FN4O2/c1-3-22-13-7-4-6-12(18)15(13)20-14(22)10-21-9-5-8-17(21,11-24-2)16(19)23/h4,6-7H,3,5,8-11H2,1-2H3,(H2,19,23). The van der Waals surface area contributed by atoms with Crippen molar-refractivity contribution in [3.8, 4) is 0 Å². The van der Waals surface area contributed by atoms with Gasteiger partial charge in [0.1, 0.15) is 16.9 Å². The van der Waals surface area contributed by atoms with Gasteiger partial charge in [0.05, 0.1) is 18.7 Å².